The van der Waals surface area contributed by atoms with Gasteiger partial charge < -0.3 is 42.0 Å². The molecule has 1 aromatic rings. The number of hydrogen-bond donors (Lipinski definition) is 7. The highest BCUT2D eigenvalue weighted by atomic mass is 19.2. The Bertz CT molecular complexity index is 3180. The van der Waals surface area contributed by atoms with Crippen molar-refractivity contribution in [2.75, 3.05) is 39.3 Å². The summed E-state index contributed by atoms with van der Waals surface area (Å²) >= 11 is 0. The molecule has 15 nitrogen and oxygen atoms in total. The third-order valence-electron chi connectivity index (χ3n) is 28.2. The lowest BCUT2D eigenvalue weighted by atomic mass is 9.49. The van der Waals surface area contributed by atoms with E-state index in [2.05, 4.69) is 141 Å². The molecule has 0 aromatic heterocycles. The van der Waals surface area contributed by atoms with Crippen molar-refractivity contribution in [3.8, 4) is 0 Å². The lowest BCUT2D eigenvalue weighted by Crippen LogP contribution is -2.52. The van der Waals surface area contributed by atoms with Gasteiger partial charge in [-0.05, 0) is 176 Å². The zero-order valence-electron chi connectivity index (χ0n) is 77.3. The van der Waals surface area contributed by atoms with Gasteiger partial charge in [0.25, 0.3) is 0 Å². The first kappa shape index (κ1) is 105. The van der Waals surface area contributed by atoms with E-state index in [-0.39, 0.29) is 78.8 Å². The molecule has 114 heavy (non-hydrogen) atoms. The van der Waals surface area contributed by atoms with E-state index in [1.165, 1.54) is 121 Å². The predicted molar refractivity (Wildman–Crippen MR) is 457 cm³/mol. The van der Waals surface area contributed by atoms with Gasteiger partial charge in [0.2, 0.25) is 41.3 Å². The molecule has 0 spiro atoms. The monoisotopic (exact) mass is 1620 g/mol. The minimum atomic E-state index is -2.22. The van der Waals surface area contributed by atoms with Crippen molar-refractivity contribution in [2.24, 2.45) is 89.2 Å². The fourth-order valence-electron chi connectivity index (χ4n) is 15.6. The number of ether oxygens (including phenoxy) is 1. The number of fused-ring (bicyclic) bond motifs is 2. The van der Waals surface area contributed by atoms with E-state index < -0.39 is 63.5 Å². The Morgan fingerprint density at radius 2 is 0.754 bits per heavy atom. The molecule has 2 atom stereocenters. The van der Waals surface area contributed by atoms with Gasteiger partial charge in [0.1, 0.15) is 5.60 Å². The zero-order valence-corrected chi connectivity index (χ0v) is 77.3. The smallest absolute Gasteiger partial charge is 0.313 e. The number of amides is 6. The average molecular weight is 1620 g/mol. The number of carbonyl (C=O) groups is 7. The number of hydrogen-bond acceptors (Lipinski definition) is 9. The molecule has 7 N–H and O–H groups in total. The third-order valence-corrected chi connectivity index (χ3v) is 28.2. The number of benzene rings is 1. The molecular formula is C94H166F5N7O8. The van der Waals surface area contributed by atoms with Crippen LogP contribution in [0.2, 0.25) is 0 Å². The van der Waals surface area contributed by atoms with Gasteiger partial charge in [-0.3, -0.25) is 33.6 Å². The molecule has 2 unspecified atom stereocenters. The van der Waals surface area contributed by atoms with E-state index in [1.807, 2.05) is 76.2 Å². The van der Waals surface area contributed by atoms with Crippen LogP contribution in [0.5, 0.6) is 0 Å². The van der Waals surface area contributed by atoms with Crippen LogP contribution in [0.15, 0.2) is 12.3 Å². The van der Waals surface area contributed by atoms with Crippen molar-refractivity contribution >= 4 is 41.4 Å². The van der Waals surface area contributed by atoms with Crippen LogP contribution >= 0.6 is 0 Å². The number of esters is 1. The van der Waals surface area contributed by atoms with Gasteiger partial charge in [0.05, 0.1) is 12.0 Å². The van der Waals surface area contributed by atoms with Gasteiger partial charge in [0, 0.05) is 93.8 Å². The van der Waals surface area contributed by atoms with Gasteiger partial charge in [-0.15, -0.1) is 0 Å². The van der Waals surface area contributed by atoms with Gasteiger partial charge in [0.15, 0.2) is 23.3 Å². The quantitative estimate of drug-likeness (QED) is 0.0128. The van der Waals surface area contributed by atoms with Crippen LogP contribution in [-0.2, 0) is 44.8 Å². The SMILES string of the molecule is C=C(NCCCCC)C(C)(C)CC.CCC(C)(C)C(=O)NCC(C)(C)C.CCC(C)(C)C(=O)NCC12CC3CC(CC(C3)C1)C2.CCC(C)(C)C(=O)NCC12CCC(C)(C(=O)O1)C2(C)C.CCC(C)(C)C(=O)NCC1CCCC1.CCC(C)(C)C(=O)NCC1CCCCC1.CCC(C)(C)C(=O)NCc1c(F)c(F)c(F)c(F)c1F. The van der Waals surface area contributed by atoms with E-state index in [9.17, 15) is 55.5 Å². The topological polar surface area (TPSA) is 213 Å². The van der Waals surface area contributed by atoms with Crippen molar-refractivity contribution in [1.29, 1.82) is 0 Å². The zero-order chi connectivity index (χ0) is 87.7. The highest BCUT2D eigenvalue weighted by Gasteiger charge is 2.72. The molecule has 7 aliphatic carbocycles. The molecule has 660 valence electrons. The van der Waals surface area contributed by atoms with E-state index >= 15 is 0 Å². The molecule has 1 aromatic carbocycles. The highest BCUT2D eigenvalue weighted by molar-refractivity contribution is 5.85. The summed E-state index contributed by atoms with van der Waals surface area (Å²) in [6, 6.07) is 0. The van der Waals surface area contributed by atoms with E-state index in [0.717, 1.165) is 114 Å². The highest BCUT2D eigenvalue weighted by Crippen LogP contribution is 2.65. The largest absolute Gasteiger partial charge is 0.456 e. The summed E-state index contributed by atoms with van der Waals surface area (Å²) in [6.07, 6.45) is 32.0. The molecule has 1 saturated heterocycles. The molecule has 6 bridgehead atoms. The second-order valence-electron chi connectivity index (χ2n) is 41.4. The normalized spacial score (nSPS) is 22.4. The summed E-state index contributed by atoms with van der Waals surface area (Å²) in [4.78, 5) is 83.6. The summed E-state index contributed by atoms with van der Waals surface area (Å²) in [7, 11) is 0. The van der Waals surface area contributed by atoms with Crippen LogP contribution in [0.25, 0.3) is 0 Å². The standard InChI is InChI=1S/C17H29NO.C16H27NO3.C13H14F5NO.C13H25NO.C12H23NO.C12H25N.C11H23NO/c1-4-16(2,3)15(19)18-11-17-8-12-5-13(9-17)7-14(6-12)10-17;1-7-13(2,3)11(18)17-10-16-9-8-15(6,12(19)20-16)14(16,4)5;1-4-13(2,3)12(20)19-5-6-7(14)9(16)11(18)10(17)8(6)15;1-4-13(2,3)12(15)14-10-11-8-6-5-7-9-11;1-4-12(2,3)11(14)13-9-10-7-5-6-8-10;1-6-8-9-10-13-11(3)12(4,5)7-2;1-7-11(5,6)9(13)12-8-10(2,3)4/h12-14H,4-11H2,1-3H3,(H,18,19);7-10H2,1-6H3,(H,17,18);4-5H2,1-3H3,(H,19,20);11H,4-10H2,1-3H3,(H,14,15);10H,4-9H2,1-3H3,(H,13,14);13H,3,6-10H2,1-2,4-5H3;7-8H2,1-6H3,(H,12,13). The summed E-state index contributed by atoms with van der Waals surface area (Å²) < 4.78 is 71.2. The van der Waals surface area contributed by atoms with Gasteiger partial charge in [-0.25, -0.2) is 22.0 Å². The van der Waals surface area contributed by atoms with Crippen LogP contribution in [0.1, 0.15) is 373 Å². The first-order valence-electron chi connectivity index (χ1n) is 44.3. The van der Waals surface area contributed by atoms with Crippen LogP contribution in [0.4, 0.5) is 22.0 Å². The second-order valence-corrected chi connectivity index (χ2v) is 41.4. The number of unbranched alkanes of at least 4 members (excludes halogenated alkanes) is 2. The Balaban J connectivity index is 0.000000455. The van der Waals surface area contributed by atoms with Crippen molar-refractivity contribution in [3.63, 3.8) is 0 Å². The summed E-state index contributed by atoms with van der Waals surface area (Å²) in [6.45, 7) is 64.9. The first-order valence-corrected chi connectivity index (χ1v) is 44.3. The minimum absolute atomic E-state index is 0.0294. The number of carbonyl (C=O) groups excluding carboxylic acids is 7. The molecule has 6 amide bonds. The summed E-state index contributed by atoms with van der Waals surface area (Å²) in [5, 5.41) is 21.0. The summed E-state index contributed by atoms with van der Waals surface area (Å²) in [5.74, 6) is -5.52. The van der Waals surface area contributed by atoms with Crippen LogP contribution in [-0.4, -0.2) is 86.3 Å². The van der Waals surface area contributed by atoms with Gasteiger partial charge >= 0.3 is 5.97 Å². The first-order chi connectivity index (χ1) is 52.4. The fourth-order valence-corrected chi connectivity index (χ4v) is 15.6. The van der Waals surface area contributed by atoms with Crippen LogP contribution in [0, 0.1) is 118 Å². The van der Waals surface area contributed by atoms with E-state index in [1.54, 1.807) is 20.8 Å². The number of halogens is 5. The maximum atomic E-state index is 13.4. The molecule has 0 radical (unpaired) electrons. The van der Waals surface area contributed by atoms with Gasteiger partial charge in [-0.2, -0.15) is 0 Å². The molecule has 1 aliphatic heterocycles. The van der Waals surface area contributed by atoms with E-state index in [4.69, 9.17) is 4.74 Å². The van der Waals surface area contributed by atoms with Crippen molar-refractivity contribution in [3.05, 3.63) is 46.9 Å². The Morgan fingerprint density at radius 1 is 0.421 bits per heavy atom. The molecule has 9 rings (SSSR count). The van der Waals surface area contributed by atoms with Gasteiger partial charge in [-0.1, -0.05) is 238 Å². The lowest BCUT2D eigenvalue weighted by Gasteiger charge is -2.57. The van der Waals surface area contributed by atoms with Crippen molar-refractivity contribution in [1.82, 2.24) is 37.2 Å². The Labute approximate surface area is 690 Å². The second kappa shape index (κ2) is 44.7. The van der Waals surface area contributed by atoms with Crippen molar-refractivity contribution in [2.45, 2.75) is 379 Å². The summed E-state index contributed by atoms with van der Waals surface area (Å²) in [5.41, 5.74) is -2.22. The number of nitrogens with one attached hydrogen (secondary N) is 7. The molecule has 1 heterocycles. The minimum Gasteiger partial charge on any atom is -0.456 e. The Hall–Kier alpha value is -5.30. The van der Waals surface area contributed by atoms with Crippen LogP contribution in [0.3, 0.4) is 0 Å². The third kappa shape index (κ3) is 30.2. The van der Waals surface area contributed by atoms with Crippen LogP contribution < -0.4 is 37.2 Å². The maximum Gasteiger partial charge on any atom is 0.313 e. The molecule has 8 aliphatic rings. The molecule has 7 saturated carbocycles. The Kier molecular flexibility index (Phi) is 41.0. The van der Waals surface area contributed by atoms with E-state index in [0.29, 0.717) is 18.4 Å². The Morgan fingerprint density at radius 3 is 1.09 bits per heavy atom. The number of rotatable bonds is 30. The number of allylic oxidation sites excluding steroid dienone is 1. The lowest BCUT2D eigenvalue weighted by molar-refractivity contribution is -0.160. The fraction of sp³-hybridized carbons (Fsp3) is 0.840. The molecule has 20 heteroatoms. The molecular weight excluding hydrogens is 1450 g/mol. The predicted octanol–water partition coefficient (Wildman–Crippen LogP) is 22.0. The average Bonchev–Trinajstić information content (AvgIpc) is 1.53. The molecule has 8 fully saturated rings. The van der Waals surface area contributed by atoms with Crippen molar-refractivity contribution < 1.29 is 60.3 Å². The maximum absolute atomic E-state index is 13.4.